The van der Waals surface area contributed by atoms with Crippen molar-refractivity contribution in [3.05, 3.63) is 64.7 Å². The van der Waals surface area contributed by atoms with Gasteiger partial charge in [0.1, 0.15) is 18.2 Å². The van der Waals surface area contributed by atoms with Crippen molar-refractivity contribution >= 4 is 28.1 Å². The molecule has 0 radical (unpaired) electrons. The van der Waals surface area contributed by atoms with Crippen molar-refractivity contribution in [1.29, 1.82) is 0 Å². The van der Waals surface area contributed by atoms with E-state index in [1.807, 2.05) is 31.2 Å². The smallest absolute Gasteiger partial charge is 0.131 e. The van der Waals surface area contributed by atoms with Gasteiger partial charge in [0.2, 0.25) is 0 Å². The summed E-state index contributed by atoms with van der Waals surface area (Å²) in [5.74, 6) is 0.221. The zero-order valence-corrected chi connectivity index (χ0v) is 12.7. The van der Waals surface area contributed by atoms with Gasteiger partial charge in [-0.3, -0.25) is 4.98 Å². The Hall–Kier alpha value is -2.33. The molecule has 0 bridgehead atoms. The Kier molecular flexibility index (Phi) is 3.86. The van der Waals surface area contributed by atoms with Crippen molar-refractivity contribution in [3.8, 4) is 5.75 Å². The predicted molar refractivity (Wildman–Crippen MR) is 86.6 cm³/mol. The number of anilines is 1. The van der Waals surface area contributed by atoms with Crippen LogP contribution in [0.15, 0.2) is 42.6 Å². The molecule has 3 rings (SSSR count). The van der Waals surface area contributed by atoms with E-state index in [0.717, 1.165) is 16.5 Å². The molecule has 112 valence electrons. The normalized spacial score (nSPS) is 10.9. The van der Waals surface area contributed by atoms with Crippen molar-refractivity contribution in [2.45, 2.75) is 13.5 Å². The summed E-state index contributed by atoms with van der Waals surface area (Å²) in [6.07, 6.45) is 1.78. The first-order valence-electron chi connectivity index (χ1n) is 6.77. The van der Waals surface area contributed by atoms with Gasteiger partial charge in [0.15, 0.2) is 0 Å². The van der Waals surface area contributed by atoms with E-state index < -0.39 is 5.82 Å². The molecular weight excluding hydrogens is 303 g/mol. The second-order valence-corrected chi connectivity index (χ2v) is 5.40. The van der Waals surface area contributed by atoms with E-state index in [0.29, 0.717) is 11.4 Å². The Morgan fingerprint density at radius 2 is 2.09 bits per heavy atom. The summed E-state index contributed by atoms with van der Waals surface area (Å²) in [5.41, 5.74) is 7.18. The van der Waals surface area contributed by atoms with Crippen LogP contribution in [0.25, 0.3) is 10.8 Å². The van der Waals surface area contributed by atoms with E-state index in [-0.39, 0.29) is 17.2 Å². The number of pyridine rings is 1. The molecule has 0 aliphatic rings. The van der Waals surface area contributed by atoms with E-state index in [4.69, 9.17) is 22.1 Å². The van der Waals surface area contributed by atoms with Gasteiger partial charge < -0.3 is 10.5 Å². The number of fused-ring (bicyclic) bond motifs is 1. The number of benzene rings is 2. The summed E-state index contributed by atoms with van der Waals surface area (Å²) in [5, 5.41) is 2.08. The molecule has 0 aliphatic carbocycles. The maximum atomic E-state index is 13.9. The van der Waals surface area contributed by atoms with Crippen LogP contribution in [0.3, 0.4) is 0 Å². The van der Waals surface area contributed by atoms with Crippen LogP contribution in [0.5, 0.6) is 5.75 Å². The second kappa shape index (κ2) is 5.81. The summed E-state index contributed by atoms with van der Waals surface area (Å²) in [4.78, 5) is 4.25. The van der Waals surface area contributed by atoms with Gasteiger partial charge in [-0.15, -0.1) is 0 Å². The van der Waals surface area contributed by atoms with Gasteiger partial charge in [-0.25, -0.2) is 4.39 Å². The third-order valence-electron chi connectivity index (χ3n) is 3.45. The molecule has 1 aromatic heterocycles. The van der Waals surface area contributed by atoms with Gasteiger partial charge in [0, 0.05) is 28.2 Å². The highest BCUT2D eigenvalue weighted by molar-refractivity contribution is 6.33. The predicted octanol–water partition coefficient (Wildman–Crippen LogP) is 4.50. The summed E-state index contributed by atoms with van der Waals surface area (Å²) >= 11 is 6.05. The molecule has 5 heteroatoms. The molecule has 0 aliphatic heterocycles. The van der Waals surface area contributed by atoms with Gasteiger partial charge >= 0.3 is 0 Å². The number of halogens is 2. The Bertz CT molecular complexity index is 851. The average Bonchev–Trinajstić information content (AvgIpc) is 2.51. The molecule has 0 spiro atoms. The molecule has 2 N–H and O–H groups in total. The minimum Gasteiger partial charge on any atom is -0.488 e. The zero-order chi connectivity index (χ0) is 15.7. The Labute approximate surface area is 132 Å². The topological polar surface area (TPSA) is 48.1 Å². The van der Waals surface area contributed by atoms with Crippen LogP contribution in [0.4, 0.5) is 10.1 Å². The fourth-order valence-electron chi connectivity index (χ4n) is 2.27. The fraction of sp³-hybridized carbons (Fsp3) is 0.118. The largest absolute Gasteiger partial charge is 0.488 e. The van der Waals surface area contributed by atoms with Crippen LogP contribution >= 0.6 is 11.6 Å². The summed E-state index contributed by atoms with van der Waals surface area (Å²) < 4.78 is 19.7. The molecule has 0 atom stereocenters. The van der Waals surface area contributed by atoms with Crippen LogP contribution in [0.2, 0.25) is 5.02 Å². The Morgan fingerprint density at radius 3 is 2.91 bits per heavy atom. The fourth-order valence-corrected chi connectivity index (χ4v) is 2.48. The maximum Gasteiger partial charge on any atom is 0.131 e. The molecule has 0 unspecified atom stereocenters. The lowest BCUT2D eigenvalue weighted by atomic mass is 10.1. The number of nitrogen functional groups attached to an aromatic ring is 1. The highest BCUT2D eigenvalue weighted by atomic mass is 35.5. The lowest BCUT2D eigenvalue weighted by Crippen LogP contribution is -2.02. The number of aryl methyl sites for hydroxylation is 1. The standard InChI is InChI=1S/C17H14ClFN2O/c1-10-7-12-11(8-21-10)3-2-4-16(12)22-9-13-14(19)5-6-15(20)17(13)18/h2-8H,9,20H2,1H3. The summed E-state index contributed by atoms with van der Waals surface area (Å²) in [6, 6.07) is 10.3. The number of nitrogens with two attached hydrogens (primary N) is 1. The highest BCUT2D eigenvalue weighted by Gasteiger charge is 2.12. The van der Waals surface area contributed by atoms with Crippen LogP contribution in [-0.4, -0.2) is 4.98 Å². The van der Waals surface area contributed by atoms with Crippen LogP contribution in [-0.2, 0) is 6.61 Å². The number of nitrogens with zero attached hydrogens (tertiary/aromatic N) is 1. The van der Waals surface area contributed by atoms with Gasteiger partial charge in [0.25, 0.3) is 0 Å². The molecule has 0 amide bonds. The van der Waals surface area contributed by atoms with Crippen molar-refractivity contribution in [3.63, 3.8) is 0 Å². The molecule has 0 saturated heterocycles. The van der Waals surface area contributed by atoms with Gasteiger partial charge in [-0.2, -0.15) is 0 Å². The number of rotatable bonds is 3. The molecule has 3 aromatic rings. The number of aromatic nitrogens is 1. The lowest BCUT2D eigenvalue weighted by Gasteiger charge is -2.12. The minimum atomic E-state index is -0.433. The van der Waals surface area contributed by atoms with E-state index in [1.54, 1.807) is 6.20 Å². The van der Waals surface area contributed by atoms with Crippen LogP contribution in [0, 0.1) is 12.7 Å². The molecule has 2 aromatic carbocycles. The van der Waals surface area contributed by atoms with E-state index in [9.17, 15) is 4.39 Å². The summed E-state index contributed by atoms with van der Waals surface area (Å²) in [6.45, 7) is 1.92. The number of hydrogen-bond donors (Lipinski definition) is 1. The van der Waals surface area contributed by atoms with Crippen molar-refractivity contribution in [2.75, 3.05) is 5.73 Å². The molecule has 0 saturated carbocycles. The van der Waals surface area contributed by atoms with Crippen LogP contribution in [0.1, 0.15) is 11.3 Å². The third-order valence-corrected chi connectivity index (χ3v) is 3.89. The maximum absolute atomic E-state index is 13.9. The first-order chi connectivity index (χ1) is 10.6. The van der Waals surface area contributed by atoms with Gasteiger partial charge in [-0.1, -0.05) is 23.7 Å². The minimum absolute atomic E-state index is 0.0101. The quantitative estimate of drug-likeness (QED) is 0.724. The monoisotopic (exact) mass is 316 g/mol. The zero-order valence-electron chi connectivity index (χ0n) is 11.9. The molecule has 1 heterocycles. The van der Waals surface area contributed by atoms with E-state index >= 15 is 0 Å². The van der Waals surface area contributed by atoms with Crippen molar-refractivity contribution in [1.82, 2.24) is 4.98 Å². The van der Waals surface area contributed by atoms with Crippen LogP contribution < -0.4 is 10.5 Å². The first-order valence-corrected chi connectivity index (χ1v) is 7.14. The molecule has 0 fully saturated rings. The van der Waals surface area contributed by atoms with E-state index in [1.165, 1.54) is 12.1 Å². The van der Waals surface area contributed by atoms with E-state index in [2.05, 4.69) is 4.98 Å². The van der Waals surface area contributed by atoms with Crippen molar-refractivity contribution in [2.24, 2.45) is 0 Å². The average molecular weight is 317 g/mol. The Balaban J connectivity index is 1.95. The third kappa shape index (κ3) is 2.70. The number of hydrogen-bond acceptors (Lipinski definition) is 3. The Morgan fingerprint density at radius 1 is 1.27 bits per heavy atom. The first kappa shape index (κ1) is 14.6. The summed E-state index contributed by atoms with van der Waals surface area (Å²) in [7, 11) is 0. The molecular formula is C17H14ClFN2O. The molecule has 3 nitrogen and oxygen atoms in total. The highest BCUT2D eigenvalue weighted by Crippen LogP contribution is 2.30. The van der Waals surface area contributed by atoms with Gasteiger partial charge in [-0.05, 0) is 31.2 Å². The van der Waals surface area contributed by atoms with Gasteiger partial charge in [0.05, 0.1) is 10.7 Å². The SMILES string of the molecule is Cc1cc2c(OCc3c(F)ccc(N)c3Cl)cccc2cn1. The van der Waals surface area contributed by atoms with Crippen molar-refractivity contribution < 1.29 is 9.13 Å². The molecule has 22 heavy (non-hydrogen) atoms. The number of ether oxygens (including phenoxy) is 1. The lowest BCUT2D eigenvalue weighted by molar-refractivity contribution is 0.303. The second-order valence-electron chi connectivity index (χ2n) is 5.02.